The molecule has 0 aromatic rings. The predicted octanol–water partition coefficient (Wildman–Crippen LogP) is 5.38. The molecule has 1 fully saturated rings. The number of rotatable bonds is 7. The van der Waals surface area contributed by atoms with Crippen molar-refractivity contribution in [2.75, 3.05) is 0 Å². The zero-order valence-corrected chi connectivity index (χ0v) is 10.6. The summed E-state index contributed by atoms with van der Waals surface area (Å²) in [6, 6.07) is 0. The molecule has 0 heterocycles. The number of hydrogen-bond donors (Lipinski definition) is 0. The summed E-state index contributed by atoms with van der Waals surface area (Å²) in [6.07, 6.45) is 15.8. The Balaban J connectivity index is 1.99. The van der Waals surface area contributed by atoms with Crippen molar-refractivity contribution in [1.29, 1.82) is 0 Å². The molecule has 0 aromatic heterocycles. The molecule has 0 unspecified atom stereocenters. The fourth-order valence-corrected chi connectivity index (χ4v) is 2.96. The van der Waals surface area contributed by atoms with E-state index in [1.165, 1.54) is 64.2 Å². The Kier molecular flexibility index (Phi) is 7.13. The Bertz CT molecular complexity index is 128. The van der Waals surface area contributed by atoms with Crippen molar-refractivity contribution in [3.63, 3.8) is 0 Å². The fraction of sp³-hybridized carbons (Fsp3) is 0.933. The molecule has 0 amide bonds. The van der Waals surface area contributed by atoms with Gasteiger partial charge in [-0.2, -0.15) is 0 Å². The molecule has 15 heavy (non-hydrogen) atoms. The van der Waals surface area contributed by atoms with Gasteiger partial charge in [0.05, 0.1) is 0 Å². The van der Waals surface area contributed by atoms with Gasteiger partial charge in [-0.25, -0.2) is 0 Å². The van der Waals surface area contributed by atoms with Gasteiger partial charge in [0.2, 0.25) is 0 Å². The zero-order chi connectivity index (χ0) is 10.9. The van der Waals surface area contributed by atoms with E-state index in [4.69, 9.17) is 0 Å². The van der Waals surface area contributed by atoms with Crippen LogP contribution in [0, 0.1) is 18.8 Å². The Morgan fingerprint density at radius 3 is 2.00 bits per heavy atom. The molecule has 0 atom stereocenters. The average Bonchev–Trinajstić information content (AvgIpc) is 2.27. The molecule has 1 aliphatic rings. The van der Waals surface area contributed by atoms with E-state index in [0.29, 0.717) is 0 Å². The molecule has 1 aliphatic carbocycles. The molecule has 89 valence electrons. The summed E-state index contributed by atoms with van der Waals surface area (Å²) in [5, 5.41) is 0. The van der Waals surface area contributed by atoms with E-state index < -0.39 is 0 Å². The first-order valence-corrected chi connectivity index (χ1v) is 7.16. The molecule has 0 spiro atoms. The summed E-state index contributed by atoms with van der Waals surface area (Å²) in [6.45, 7) is 6.26. The third kappa shape index (κ3) is 5.58. The lowest BCUT2D eigenvalue weighted by Crippen LogP contribution is -2.14. The largest absolute Gasteiger partial charge is 0.0654 e. The van der Waals surface area contributed by atoms with Crippen LogP contribution >= 0.6 is 0 Å². The van der Waals surface area contributed by atoms with E-state index in [9.17, 15) is 0 Å². The third-order valence-corrected chi connectivity index (χ3v) is 4.04. The highest BCUT2D eigenvalue weighted by Gasteiger charge is 2.19. The Morgan fingerprint density at radius 1 is 0.867 bits per heavy atom. The van der Waals surface area contributed by atoms with Gasteiger partial charge in [-0.1, -0.05) is 84.5 Å². The standard InChI is InChI=1S/C15H29/c1-3-5-6-7-9-15-12-10-14(8-4-2)11-13-15/h14-15H,2-13H2,1H3. The minimum Gasteiger partial charge on any atom is -0.0654 e. The average molecular weight is 209 g/mol. The van der Waals surface area contributed by atoms with E-state index in [2.05, 4.69) is 13.8 Å². The van der Waals surface area contributed by atoms with Gasteiger partial charge in [0.25, 0.3) is 0 Å². The minimum atomic E-state index is 1.02. The van der Waals surface area contributed by atoms with Crippen LogP contribution in [0.3, 0.4) is 0 Å². The van der Waals surface area contributed by atoms with Crippen LogP contribution in [-0.2, 0) is 0 Å². The summed E-state index contributed by atoms with van der Waals surface area (Å²) < 4.78 is 0. The first-order chi connectivity index (χ1) is 7.36. The second-order valence-corrected chi connectivity index (χ2v) is 5.38. The first kappa shape index (κ1) is 13.1. The van der Waals surface area contributed by atoms with Crippen molar-refractivity contribution in [1.82, 2.24) is 0 Å². The summed E-state index contributed by atoms with van der Waals surface area (Å²) >= 11 is 0. The summed E-state index contributed by atoms with van der Waals surface area (Å²) in [7, 11) is 0. The smallest absolute Gasteiger partial charge is 0.0414 e. The molecule has 0 heteroatoms. The maximum absolute atomic E-state index is 3.97. The Labute approximate surface area is 96.8 Å². The second-order valence-electron chi connectivity index (χ2n) is 5.38. The lowest BCUT2D eigenvalue weighted by atomic mass is 9.78. The monoisotopic (exact) mass is 209 g/mol. The number of unbranched alkanes of at least 4 members (excludes halogenated alkanes) is 3. The molecule has 1 rings (SSSR count). The van der Waals surface area contributed by atoms with E-state index in [-0.39, 0.29) is 0 Å². The SMILES string of the molecule is [CH2]CCC1CCC(CCCCCC)CC1. The van der Waals surface area contributed by atoms with Gasteiger partial charge in [0.15, 0.2) is 0 Å². The van der Waals surface area contributed by atoms with Crippen LogP contribution < -0.4 is 0 Å². The van der Waals surface area contributed by atoms with Gasteiger partial charge in [0, 0.05) is 0 Å². The van der Waals surface area contributed by atoms with Crippen molar-refractivity contribution in [3.8, 4) is 0 Å². The zero-order valence-electron chi connectivity index (χ0n) is 10.6. The molecule has 0 nitrogen and oxygen atoms in total. The van der Waals surface area contributed by atoms with Gasteiger partial charge < -0.3 is 0 Å². The van der Waals surface area contributed by atoms with Crippen molar-refractivity contribution in [2.45, 2.75) is 77.6 Å². The van der Waals surface area contributed by atoms with E-state index >= 15 is 0 Å². The molecule has 0 aliphatic heterocycles. The highest BCUT2D eigenvalue weighted by Crippen LogP contribution is 2.34. The van der Waals surface area contributed by atoms with Crippen LogP contribution in [0.2, 0.25) is 0 Å². The molecule has 0 aromatic carbocycles. The molecule has 0 bridgehead atoms. The van der Waals surface area contributed by atoms with Gasteiger partial charge >= 0.3 is 0 Å². The predicted molar refractivity (Wildman–Crippen MR) is 68.8 cm³/mol. The van der Waals surface area contributed by atoms with Crippen molar-refractivity contribution in [2.24, 2.45) is 11.8 Å². The summed E-state index contributed by atoms with van der Waals surface area (Å²) in [5.41, 5.74) is 0. The minimum absolute atomic E-state index is 1.02. The first-order valence-electron chi connectivity index (χ1n) is 7.16. The Hall–Kier alpha value is 0. The van der Waals surface area contributed by atoms with Crippen LogP contribution in [0.4, 0.5) is 0 Å². The molecule has 1 radical (unpaired) electrons. The second kappa shape index (κ2) is 8.19. The van der Waals surface area contributed by atoms with Crippen LogP contribution in [0.5, 0.6) is 0 Å². The lowest BCUT2D eigenvalue weighted by Gasteiger charge is -2.28. The third-order valence-electron chi connectivity index (χ3n) is 4.04. The topological polar surface area (TPSA) is 0 Å². The van der Waals surface area contributed by atoms with Crippen LogP contribution in [0.1, 0.15) is 77.6 Å². The van der Waals surface area contributed by atoms with Gasteiger partial charge in [-0.15, -0.1) is 0 Å². The summed E-state index contributed by atoms with van der Waals surface area (Å²) in [5.74, 6) is 2.09. The highest BCUT2D eigenvalue weighted by atomic mass is 14.3. The van der Waals surface area contributed by atoms with E-state index in [1.807, 2.05) is 0 Å². The molecule has 0 N–H and O–H groups in total. The van der Waals surface area contributed by atoms with Gasteiger partial charge in [-0.05, 0) is 11.8 Å². The van der Waals surface area contributed by atoms with Crippen LogP contribution in [0.15, 0.2) is 0 Å². The van der Waals surface area contributed by atoms with E-state index in [0.717, 1.165) is 18.3 Å². The Morgan fingerprint density at radius 2 is 1.47 bits per heavy atom. The quantitative estimate of drug-likeness (QED) is 0.494. The lowest BCUT2D eigenvalue weighted by molar-refractivity contribution is 0.249. The van der Waals surface area contributed by atoms with Crippen molar-refractivity contribution < 1.29 is 0 Å². The van der Waals surface area contributed by atoms with Crippen molar-refractivity contribution in [3.05, 3.63) is 6.92 Å². The van der Waals surface area contributed by atoms with E-state index in [1.54, 1.807) is 0 Å². The van der Waals surface area contributed by atoms with Crippen LogP contribution in [0.25, 0.3) is 0 Å². The number of hydrogen-bond acceptors (Lipinski definition) is 0. The van der Waals surface area contributed by atoms with Gasteiger partial charge in [-0.3, -0.25) is 0 Å². The molecule has 1 saturated carbocycles. The molecule has 0 saturated heterocycles. The van der Waals surface area contributed by atoms with Gasteiger partial charge in [0.1, 0.15) is 0 Å². The molecular weight excluding hydrogens is 180 g/mol. The molecular formula is C15H29. The van der Waals surface area contributed by atoms with Crippen molar-refractivity contribution >= 4 is 0 Å². The highest BCUT2D eigenvalue weighted by molar-refractivity contribution is 4.72. The summed E-state index contributed by atoms with van der Waals surface area (Å²) in [4.78, 5) is 0. The maximum atomic E-state index is 3.97. The fourth-order valence-electron chi connectivity index (χ4n) is 2.96. The van der Waals surface area contributed by atoms with Crippen LogP contribution in [-0.4, -0.2) is 0 Å². The normalized spacial score (nSPS) is 26.8. The maximum Gasteiger partial charge on any atom is -0.0414 e.